The van der Waals surface area contributed by atoms with Gasteiger partial charge in [0.05, 0.1) is 12.3 Å². The van der Waals surface area contributed by atoms with Crippen molar-refractivity contribution in [1.29, 1.82) is 0 Å². The zero-order valence-corrected chi connectivity index (χ0v) is 18.9. The topological polar surface area (TPSA) is 55.5 Å². The predicted octanol–water partition coefficient (Wildman–Crippen LogP) is 6.57. The number of ether oxygens (including phenoxy) is 1. The van der Waals surface area contributed by atoms with E-state index in [1.165, 1.54) is 28.7 Å². The summed E-state index contributed by atoms with van der Waals surface area (Å²) in [5, 5.41) is 13.2. The molecule has 3 nitrogen and oxygen atoms in total. The molecule has 31 heavy (non-hydrogen) atoms. The summed E-state index contributed by atoms with van der Waals surface area (Å²) >= 11 is 0. The average Bonchev–Trinajstić information content (AvgIpc) is 3.24. The Labute approximate surface area is 184 Å². The summed E-state index contributed by atoms with van der Waals surface area (Å²) in [7, 11) is 0. The van der Waals surface area contributed by atoms with Gasteiger partial charge < -0.3 is 15.6 Å². The Morgan fingerprint density at radius 2 is 1.65 bits per heavy atom. The fraction of sp³-hybridized carbons (Fsp3) is 0.429. The molecule has 0 unspecified atom stereocenters. The van der Waals surface area contributed by atoms with E-state index in [-0.39, 0.29) is 16.2 Å². The Morgan fingerprint density at radius 1 is 0.935 bits per heavy atom. The second-order valence-electron chi connectivity index (χ2n) is 11.6. The molecule has 0 aromatic heterocycles. The van der Waals surface area contributed by atoms with Crippen LogP contribution in [0.3, 0.4) is 0 Å². The third kappa shape index (κ3) is 2.46. The minimum Gasteiger partial charge on any atom is -0.507 e. The summed E-state index contributed by atoms with van der Waals surface area (Å²) in [6.07, 6.45) is 4.22. The number of phenolic OH excluding ortho intramolecular Hbond substituents is 1. The molecular weight excluding hydrogens is 382 g/mol. The quantitative estimate of drug-likeness (QED) is 0.410. The first kappa shape index (κ1) is 19.0. The van der Waals surface area contributed by atoms with Crippen LogP contribution in [-0.4, -0.2) is 11.7 Å². The van der Waals surface area contributed by atoms with Gasteiger partial charge >= 0.3 is 0 Å². The Hall–Kier alpha value is -2.68. The van der Waals surface area contributed by atoms with E-state index in [0.29, 0.717) is 18.0 Å². The number of hydrogen-bond donors (Lipinski definition) is 2. The molecule has 0 bridgehead atoms. The van der Waals surface area contributed by atoms with Crippen molar-refractivity contribution in [2.24, 2.45) is 10.8 Å². The van der Waals surface area contributed by atoms with E-state index >= 15 is 0 Å². The van der Waals surface area contributed by atoms with Crippen LogP contribution in [-0.2, 0) is 11.8 Å². The number of rotatable bonds is 0. The molecule has 1 heterocycles. The van der Waals surface area contributed by atoms with Gasteiger partial charge in [0.25, 0.3) is 0 Å². The van der Waals surface area contributed by atoms with Gasteiger partial charge in [-0.05, 0) is 64.5 Å². The Bertz CT molecular complexity index is 1250. The highest BCUT2D eigenvalue weighted by atomic mass is 16.5. The Kier molecular flexibility index (Phi) is 3.54. The highest BCUT2D eigenvalue weighted by Gasteiger charge is 2.53. The number of nitrogens with two attached hydrogens (primary N) is 1. The zero-order valence-electron chi connectivity index (χ0n) is 18.9. The van der Waals surface area contributed by atoms with E-state index in [0.717, 1.165) is 41.3 Å². The first-order valence-corrected chi connectivity index (χ1v) is 11.5. The summed E-state index contributed by atoms with van der Waals surface area (Å²) in [5.41, 5.74) is 13.8. The second-order valence-corrected chi connectivity index (χ2v) is 11.6. The summed E-state index contributed by atoms with van der Waals surface area (Å²) in [5.74, 6) is 1.14. The smallest absolute Gasteiger partial charge is 0.146 e. The number of aromatic hydroxyl groups is 1. The highest BCUT2D eigenvalue weighted by molar-refractivity contribution is 6.09. The SMILES string of the molecule is CC1(C)CC(C)(C)CC2(C1)c1ccccc1-c1c2cc(O)c2cc(N)c3c(c12)CCO3. The molecule has 1 saturated carbocycles. The molecule has 0 saturated heterocycles. The number of nitrogen functional groups attached to an aromatic ring is 1. The predicted molar refractivity (Wildman–Crippen MR) is 127 cm³/mol. The van der Waals surface area contributed by atoms with Gasteiger partial charge in [0.1, 0.15) is 11.5 Å². The van der Waals surface area contributed by atoms with E-state index < -0.39 is 0 Å². The molecule has 3 N–H and O–H groups in total. The van der Waals surface area contributed by atoms with E-state index in [9.17, 15) is 5.11 Å². The van der Waals surface area contributed by atoms with Crippen molar-refractivity contribution in [3.05, 3.63) is 53.1 Å². The fourth-order valence-electron chi connectivity index (χ4n) is 7.74. The summed E-state index contributed by atoms with van der Waals surface area (Å²) < 4.78 is 5.92. The molecule has 3 aromatic rings. The number of benzene rings is 3. The molecule has 3 aliphatic rings. The normalized spacial score (nSPS) is 21.5. The molecular formula is C28H31NO2. The Balaban J connectivity index is 1.77. The van der Waals surface area contributed by atoms with Crippen LogP contribution < -0.4 is 10.5 Å². The van der Waals surface area contributed by atoms with Crippen LogP contribution in [0.15, 0.2) is 36.4 Å². The monoisotopic (exact) mass is 413 g/mol. The zero-order chi connectivity index (χ0) is 21.8. The van der Waals surface area contributed by atoms with Gasteiger partial charge in [-0.15, -0.1) is 0 Å². The molecule has 1 fully saturated rings. The van der Waals surface area contributed by atoms with Crippen molar-refractivity contribution >= 4 is 16.5 Å². The molecule has 160 valence electrons. The van der Waals surface area contributed by atoms with E-state index in [1.807, 2.05) is 6.07 Å². The standard InChI is InChI=1S/C28H31NO2/c1-26(2)13-27(3,4)15-28(14-26)19-8-6-5-7-16(19)24-20(28)12-22(30)18-11-21(29)25-17(23(18)24)9-10-31-25/h5-8,11-12,30H,9-10,13-15,29H2,1-4H3. The summed E-state index contributed by atoms with van der Waals surface area (Å²) in [4.78, 5) is 0. The van der Waals surface area contributed by atoms with Crippen LogP contribution in [0.2, 0.25) is 0 Å². The number of anilines is 1. The van der Waals surface area contributed by atoms with Crippen molar-refractivity contribution in [3.8, 4) is 22.6 Å². The molecule has 0 amide bonds. The third-order valence-corrected chi connectivity index (χ3v) is 7.83. The van der Waals surface area contributed by atoms with Gasteiger partial charge in [-0.1, -0.05) is 52.0 Å². The van der Waals surface area contributed by atoms with Crippen molar-refractivity contribution in [2.75, 3.05) is 12.3 Å². The van der Waals surface area contributed by atoms with E-state index in [2.05, 4.69) is 58.0 Å². The average molecular weight is 414 g/mol. The lowest BCUT2D eigenvalue weighted by Gasteiger charge is -2.51. The van der Waals surface area contributed by atoms with Crippen molar-refractivity contribution < 1.29 is 9.84 Å². The number of phenols is 1. The highest BCUT2D eigenvalue weighted by Crippen LogP contribution is 2.65. The molecule has 1 aliphatic heterocycles. The number of hydrogen-bond acceptors (Lipinski definition) is 3. The van der Waals surface area contributed by atoms with Gasteiger partial charge in [-0.2, -0.15) is 0 Å². The summed E-state index contributed by atoms with van der Waals surface area (Å²) in [6.45, 7) is 10.3. The van der Waals surface area contributed by atoms with Crippen molar-refractivity contribution in [1.82, 2.24) is 0 Å². The lowest BCUT2D eigenvalue weighted by atomic mass is 9.52. The minimum atomic E-state index is -0.0867. The van der Waals surface area contributed by atoms with Crippen molar-refractivity contribution in [2.45, 2.75) is 58.8 Å². The van der Waals surface area contributed by atoms with Crippen LogP contribution in [0.25, 0.3) is 21.9 Å². The largest absolute Gasteiger partial charge is 0.507 e. The van der Waals surface area contributed by atoms with Gasteiger partial charge in [-0.3, -0.25) is 0 Å². The minimum absolute atomic E-state index is 0.0867. The van der Waals surface area contributed by atoms with E-state index in [4.69, 9.17) is 10.5 Å². The molecule has 3 heteroatoms. The first-order valence-electron chi connectivity index (χ1n) is 11.5. The maximum absolute atomic E-state index is 11.2. The molecule has 0 atom stereocenters. The summed E-state index contributed by atoms with van der Waals surface area (Å²) in [6, 6.07) is 12.9. The lowest BCUT2D eigenvalue weighted by molar-refractivity contribution is 0.0645. The molecule has 0 radical (unpaired) electrons. The fourth-order valence-corrected chi connectivity index (χ4v) is 7.74. The third-order valence-electron chi connectivity index (χ3n) is 7.83. The first-order chi connectivity index (χ1) is 14.6. The van der Waals surface area contributed by atoms with Gasteiger partial charge in [-0.25, -0.2) is 0 Å². The second kappa shape index (κ2) is 5.76. The molecule has 3 aromatic carbocycles. The molecule has 1 spiro atoms. The Morgan fingerprint density at radius 3 is 2.39 bits per heavy atom. The van der Waals surface area contributed by atoms with Crippen LogP contribution in [0.4, 0.5) is 5.69 Å². The van der Waals surface area contributed by atoms with Crippen LogP contribution >= 0.6 is 0 Å². The lowest BCUT2D eigenvalue weighted by Crippen LogP contribution is -2.43. The number of fused-ring (bicyclic) bond motifs is 9. The van der Waals surface area contributed by atoms with Crippen LogP contribution in [0.5, 0.6) is 11.5 Å². The van der Waals surface area contributed by atoms with Gasteiger partial charge in [0.15, 0.2) is 0 Å². The maximum Gasteiger partial charge on any atom is 0.146 e. The molecule has 6 rings (SSSR count). The van der Waals surface area contributed by atoms with E-state index in [1.54, 1.807) is 0 Å². The van der Waals surface area contributed by atoms with Crippen LogP contribution in [0, 0.1) is 10.8 Å². The molecule has 2 aliphatic carbocycles. The van der Waals surface area contributed by atoms with Gasteiger partial charge in [0.2, 0.25) is 0 Å². The van der Waals surface area contributed by atoms with Crippen molar-refractivity contribution in [3.63, 3.8) is 0 Å². The van der Waals surface area contributed by atoms with Gasteiger partial charge in [0, 0.05) is 28.2 Å². The van der Waals surface area contributed by atoms with Crippen LogP contribution in [0.1, 0.15) is 63.6 Å². The maximum atomic E-state index is 11.2.